The van der Waals surface area contributed by atoms with E-state index in [0.717, 1.165) is 27.0 Å². The molecule has 0 unspecified atom stereocenters. The van der Waals surface area contributed by atoms with Gasteiger partial charge in [0.2, 0.25) is 0 Å². The maximum absolute atomic E-state index is 12.4. The molecule has 1 spiro atoms. The van der Waals surface area contributed by atoms with E-state index in [1.54, 1.807) is 0 Å². The van der Waals surface area contributed by atoms with E-state index in [9.17, 15) is 4.79 Å². The third kappa shape index (κ3) is 1.81. The molecule has 4 rings (SSSR count). The first-order valence-electron chi connectivity index (χ1n) is 6.70. The number of benzene rings is 2. The lowest BCUT2D eigenvalue weighted by molar-refractivity contribution is -0.121. The van der Waals surface area contributed by atoms with Gasteiger partial charge in [-0.3, -0.25) is 10.2 Å². The van der Waals surface area contributed by atoms with Crippen molar-refractivity contribution in [2.75, 3.05) is 5.32 Å². The van der Waals surface area contributed by atoms with Crippen LogP contribution in [0.3, 0.4) is 0 Å². The third-order valence-corrected chi connectivity index (χ3v) is 4.54. The fourth-order valence-electron chi connectivity index (χ4n) is 2.90. The Balaban J connectivity index is 1.72. The quantitative estimate of drug-likeness (QED) is 0.837. The van der Waals surface area contributed by atoms with Gasteiger partial charge in [-0.25, -0.2) is 0 Å². The van der Waals surface area contributed by atoms with Crippen molar-refractivity contribution < 1.29 is 4.79 Å². The molecule has 0 fully saturated rings. The van der Waals surface area contributed by atoms with Crippen molar-refractivity contribution in [2.45, 2.75) is 12.0 Å². The van der Waals surface area contributed by atoms with Gasteiger partial charge in [0.05, 0.1) is 5.71 Å². The summed E-state index contributed by atoms with van der Waals surface area (Å²) in [7, 11) is 0. The van der Waals surface area contributed by atoms with Gasteiger partial charge in [-0.2, -0.15) is 5.10 Å². The van der Waals surface area contributed by atoms with Crippen LogP contribution in [0.15, 0.2) is 58.1 Å². The van der Waals surface area contributed by atoms with Crippen LogP contribution in [0.25, 0.3) is 0 Å². The number of carbonyl (C=O) groups excluding carboxylic acids is 1. The average molecular weight is 342 g/mol. The lowest BCUT2D eigenvalue weighted by Gasteiger charge is -2.20. The fourth-order valence-corrected chi connectivity index (χ4v) is 3.17. The summed E-state index contributed by atoms with van der Waals surface area (Å²) in [6, 6.07) is 15.7. The van der Waals surface area contributed by atoms with Crippen LogP contribution in [0.5, 0.6) is 0 Å². The number of hydrogen-bond acceptors (Lipinski definition) is 3. The van der Waals surface area contributed by atoms with Crippen LogP contribution in [0.1, 0.15) is 17.5 Å². The Morgan fingerprint density at radius 1 is 1.10 bits per heavy atom. The second-order valence-corrected chi connectivity index (χ2v) is 6.17. The summed E-state index contributed by atoms with van der Waals surface area (Å²) in [5.41, 5.74) is 6.05. The Morgan fingerprint density at radius 3 is 2.67 bits per heavy atom. The number of nitrogens with zero attached hydrogens (tertiary/aromatic N) is 1. The predicted octanol–water partition coefficient (Wildman–Crippen LogP) is 2.99. The van der Waals surface area contributed by atoms with Crippen LogP contribution >= 0.6 is 15.9 Å². The van der Waals surface area contributed by atoms with Gasteiger partial charge < -0.3 is 5.32 Å². The number of carbonyl (C=O) groups is 1. The number of nitrogens with one attached hydrogen (secondary N) is 2. The van der Waals surface area contributed by atoms with Gasteiger partial charge in [-0.15, -0.1) is 0 Å². The van der Waals surface area contributed by atoms with Gasteiger partial charge in [-0.1, -0.05) is 46.3 Å². The molecule has 2 aromatic carbocycles. The highest BCUT2D eigenvalue weighted by atomic mass is 79.9. The molecule has 2 aliphatic rings. The van der Waals surface area contributed by atoms with Crippen molar-refractivity contribution in [3.63, 3.8) is 0 Å². The highest BCUT2D eigenvalue weighted by molar-refractivity contribution is 9.10. The van der Waals surface area contributed by atoms with Crippen molar-refractivity contribution in [3.8, 4) is 0 Å². The lowest BCUT2D eigenvalue weighted by atomic mass is 9.86. The molecule has 2 aliphatic heterocycles. The van der Waals surface area contributed by atoms with Crippen LogP contribution < -0.4 is 10.7 Å². The molecule has 2 heterocycles. The molecule has 0 aliphatic carbocycles. The number of hydrogen-bond donors (Lipinski definition) is 2. The van der Waals surface area contributed by atoms with E-state index >= 15 is 0 Å². The van der Waals surface area contributed by atoms with Crippen LogP contribution in [0.4, 0.5) is 5.69 Å². The minimum Gasteiger partial charge on any atom is -0.323 e. The zero-order chi connectivity index (χ0) is 14.4. The lowest BCUT2D eigenvalue weighted by Crippen LogP contribution is -2.42. The monoisotopic (exact) mass is 341 g/mol. The second-order valence-electron chi connectivity index (χ2n) is 5.26. The molecule has 0 aromatic heterocycles. The smallest absolute Gasteiger partial charge is 0.256 e. The second kappa shape index (κ2) is 4.43. The standard InChI is InChI=1S/C16H12BrN3O/c17-11-7-5-10(6-8-11)14-9-16(20-19-14)12-3-1-2-4-13(12)18-15(16)21/h1-8,20H,9H2,(H,18,21)/t16-/m1/s1. The number of para-hydroxylation sites is 1. The first-order valence-corrected chi connectivity index (χ1v) is 7.49. The van der Waals surface area contributed by atoms with Gasteiger partial charge in [0.25, 0.3) is 5.91 Å². The van der Waals surface area contributed by atoms with E-state index < -0.39 is 5.54 Å². The molecule has 2 N–H and O–H groups in total. The van der Waals surface area contributed by atoms with Crippen LogP contribution in [-0.2, 0) is 10.3 Å². The highest BCUT2D eigenvalue weighted by Crippen LogP contribution is 2.41. The Labute approximate surface area is 130 Å². The molecule has 0 bridgehead atoms. The Morgan fingerprint density at radius 2 is 1.86 bits per heavy atom. The molecule has 0 saturated carbocycles. The Kier molecular flexibility index (Phi) is 2.65. The van der Waals surface area contributed by atoms with Crippen LogP contribution in [0, 0.1) is 0 Å². The molecule has 5 heteroatoms. The highest BCUT2D eigenvalue weighted by Gasteiger charge is 2.50. The average Bonchev–Trinajstić information content (AvgIpc) is 3.05. The SMILES string of the molecule is O=C1Nc2ccccc2[C@]12CC(c1ccc(Br)cc1)=NN2. The topological polar surface area (TPSA) is 53.5 Å². The first-order chi connectivity index (χ1) is 10.2. The summed E-state index contributed by atoms with van der Waals surface area (Å²) in [5.74, 6) is -0.0421. The van der Waals surface area contributed by atoms with Gasteiger partial charge >= 0.3 is 0 Å². The maximum atomic E-state index is 12.4. The summed E-state index contributed by atoms with van der Waals surface area (Å²) < 4.78 is 1.02. The van der Waals surface area contributed by atoms with Crippen molar-refractivity contribution in [1.82, 2.24) is 5.43 Å². The minimum absolute atomic E-state index is 0.0421. The van der Waals surface area contributed by atoms with Gasteiger partial charge in [-0.05, 0) is 23.8 Å². The zero-order valence-electron chi connectivity index (χ0n) is 11.1. The van der Waals surface area contributed by atoms with E-state index in [1.807, 2.05) is 48.5 Å². The molecule has 4 nitrogen and oxygen atoms in total. The van der Waals surface area contributed by atoms with Crippen molar-refractivity contribution in [3.05, 3.63) is 64.1 Å². The van der Waals surface area contributed by atoms with Crippen molar-refractivity contribution >= 4 is 33.2 Å². The summed E-state index contributed by atoms with van der Waals surface area (Å²) in [6.07, 6.45) is 0.553. The van der Waals surface area contributed by atoms with Crippen molar-refractivity contribution in [2.24, 2.45) is 5.10 Å². The Bertz CT molecular complexity index is 769. The molecule has 0 radical (unpaired) electrons. The van der Waals surface area contributed by atoms with E-state index in [4.69, 9.17) is 0 Å². The molecule has 2 aromatic rings. The molecule has 1 amide bonds. The number of amides is 1. The Hall–Kier alpha value is -2.14. The molecule has 0 saturated heterocycles. The number of fused-ring (bicyclic) bond motifs is 2. The normalized spacial score (nSPS) is 22.7. The zero-order valence-corrected chi connectivity index (χ0v) is 12.6. The predicted molar refractivity (Wildman–Crippen MR) is 85.2 cm³/mol. The van der Waals surface area contributed by atoms with E-state index in [0.29, 0.717) is 6.42 Å². The van der Waals surface area contributed by atoms with Crippen LogP contribution in [0.2, 0.25) is 0 Å². The molecule has 1 atom stereocenters. The summed E-state index contributed by atoms with van der Waals surface area (Å²) in [6.45, 7) is 0. The number of halogens is 1. The van der Waals surface area contributed by atoms with E-state index in [-0.39, 0.29) is 5.91 Å². The van der Waals surface area contributed by atoms with Gasteiger partial charge in [0.1, 0.15) is 0 Å². The van der Waals surface area contributed by atoms with Gasteiger partial charge in [0, 0.05) is 22.1 Å². The summed E-state index contributed by atoms with van der Waals surface area (Å²) in [5, 5.41) is 7.34. The van der Waals surface area contributed by atoms with E-state index in [2.05, 4.69) is 31.8 Å². The molecule has 104 valence electrons. The van der Waals surface area contributed by atoms with Crippen molar-refractivity contribution in [1.29, 1.82) is 0 Å². The molecular weight excluding hydrogens is 330 g/mol. The maximum Gasteiger partial charge on any atom is 0.256 e. The summed E-state index contributed by atoms with van der Waals surface area (Å²) >= 11 is 3.43. The van der Waals surface area contributed by atoms with E-state index in [1.165, 1.54) is 0 Å². The van der Waals surface area contributed by atoms with Gasteiger partial charge in [0.15, 0.2) is 5.54 Å². The minimum atomic E-state index is -0.765. The number of rotatable bonds is 1. The molecular formula is C16H12BrN3O. The number of hydrazone groups is 1. The molecule has 21 heavy (non-hydrogen) atoms. The van der Waals surface area contributed by atoms with Crippen LogP contribution in [-0.4, -0.2) is 11.6 Å². The first kappa shape index (κ1) is 12.6. The third-order valence-electron chi connectivity index (χ3n) is 4.01. The fraction of sp³-hybridized carbons (Fsp3) is 0.125. The summed E-state index contributed by atoms with van der Waals surface area (Å²) in [4.78, 5) is 12.4. The largest absolute Gasteiger partial charge is 0.323 e. The number of anilines is 1.